The van der Waals surface area contributed by atoms with Crippen molar-refractivity contribution in [3.05, 3.63) is 28.5 Å². The second-order valence-electron chi connectivity index (χ2n) is 4.59. The molecule has 0 unspecified atom stereocenters. The lowest BCUT2D eigenvalue weighted by molar-refractivity contribution is 0.782. The van der Waals surface area contributed by atoms with E-state index in [1.165, 1.54) is 0 Å². The van der Waals surface area contributed by atoms with Gasteiger partial charge in [-0.05, 0) is 35.0 Å². The van der Waals surface area contributed by atoms with Gasteiger partial charge in [-0.25, -0.2) is 4.98 Å². The molecule has 3 aromatic rings. The first-order valence-electron chi connectivity index (χ1n) is 5.90. The number of halogens is 1. The molecule has 0 spiro atoms. The van der Waals surface area contributed by atoms with E-state index >= 15 is 0 Å². The molecule has 0 atom stereocenters. The van der Waals surface area contributed by atoms with Gasteiger partial charge in [0.2, 0.25) is 0 Å². The average molecular weight is 320 g/mol. The Balaban J connectivity index is 2.23. The fourth-order valence-corrected chi connectivity index (χ4v) is 2.73. The van der Waals surface area contributed by atoms with E-state index in [0.717, 1.165) is 32.6 Å². The predicted molar refractivity (Wildman–Crippen MR) is 79.8 cm³/mol. The normalized spacial score (nSPS) is 11.4. The number of nitrogens with two attached hydrogens (primary N) is 1. The molecule has 0 bridgehead atoms. The molecule has 6 heteroatoms. The van der Waals surface area contributed by atoms with Gasteiger partial charge in [0.25, 0.3) is 0 Å². The monoisotopic (exact) mass is 319 g/mol. The van der Waals surface area contributed by atoms with Gasteiger partial charge in [-0.3, -0.25) is 4.68 Å². The zero-order valence-corrected chi connectivity index (χ0v) is 12.6. The van der Waals surface area contributed by atoms with Crippen molar-refractivity contribution in [2.24, 2.45) is 14.1 Å². The summed E-state index contributed by atoms with van der Waals surface area (Å²) in [7, 11) is 3.84. The van der Waals surface area contributed by atoms with Gasteiger partial charge in [0, 0.05) is 19.7 Å². The summed E-state index contributed by atoms with van der Waals surface area (Å²) in [6.07, 6.45) is 0. The van der Waals surface area contributed by atoms with Gasteiger partial charge < -0.3 is 10.3 Å². The summed E-state index contributed by atoms with van der Waals surface area (Å²) in [6.45, 7) is 1.99. The van der Waals surface area contributed by atoms with Crippen LogP contribution in [0.4, 0.5) is 5.82 Å². The maximum absolute atomic E-state index is 5.91. The number of hydrogen-bond acceptors (Lipinski definition) is 3. The maximum Gasteiger partial charge on any atom is 0.136 e. The molecule has 0 radical (unpaired) electrons. The Morgan fingerprint density at radius 3 is 2.63 bits per heavy atom. The minimum absolute atomic E-state index is 0.618. The zero-order valence-electron chi connectivity index (χ0n) is 11.0. The molecule has 2 aromatic heterocycles. The topological polar surface area (TPSA) is 61.7 Å². The van der Waals surface area contributed by atoms with Crippen molar-refractivity contribution in [1.82, 2.24) is 19.3 Å². The van der Waals surface area contributed by atoms with Gasteiger partial charge >= 0.3 is 0 Å². The third-order valence-electron chi connectivity index (χ3n) is 3.41. The standard InChI is InChI=1S/C13H14BrN5/c1-7-16-9-6-8(4-5-10(9)18(7)2)12-11(14)13(15)19(3)17-12/h4-6H,15H2,1-3H3. The van der Waals surface area contributed by atoms with Crippen LogP contribution in [0.25, 0.3) is 22.3 Å². The summed E-state index contributed by atoms with van der Waals surface area (Å²) in [6, 6.07) is 6.13. The highest BCUT2D eigenvalue weighted by molar-refractivity contribution is 9.10. The highest BCUT2D eigenvalue weighted by atomic mass is 79.9. The summed E-state index contributed by atoms with van der Waals surface area (Å²) in [5.41, 5.74) is 9.84. The number of hydrogen-bond donors (Lipinski definition) is 1. The third kappa shape index (κ3) is 1.74. The van der Waals surface area contributed by atoms with Gasteiger partial charge in [-0.15, -0.1) is 0 Å². The lowest BCUT2D eigenvalue weighted by atomic mass is 10.1. The Morgan fingerprint density at radius 2 is 2.00 bits per heavy atom. The number of anilines is 1. The van der Waals surface area contributed by atoms with E-state index in [9.17, 15) is 0 Å². The molecule has 0 amide bonds. The van der Waals surface area contributed by atoms with E-state index < -0.39 is 0 Å². The number of aryl methyl sites for hydroxylation is 3. The number of aromatic nitrogens is 4. The van der Waals surface area contributed by atoms with E-state index in [1.807, 2.05) is 33.2 Å². The van der Waals surface area contributed by atoms with Gasteiger partial charge in [-0.2, -0.15) is 5.10 Å². The number of rotatable bonds is 1. The summed E-state index contributed by atoms with van der Waals surface area (Å²) < 4.78 is 4.55. The molecule has 0 aliphatic carbocycles. The second-order valence-corrected chi connectivity index (χ2v) is 5.39. The molecular weight excluding hydrogens is 306 g/mol. The summed E-state index contributed by atoms with van der Waals surface area (Å²) in [5.74, 6) is 1.61. The molecule has 0 aliphatic rings. The van der Waals surface area contributed by atoms with E-state index in [2.05, 4.69) is 36.6 Å². The minimum Gasteiger partial charge on any atom is -0.383 e. The molecule has 0 aliphatic heterocycles. The molecular formula is C13H14BrN5. The van der Waals surface area contributed by atoms with Gasteiger partial charge in [0.15, 0.2) is 0 Å². The molecule has 19 heavy (non-hydrogen) atoms. The molecule has 0 saturated carbocycles. The first-order chi connectivity index (χ1) is 8.99. The number of benzene rings is 1. The third-order valence-corrected chi connectivity index (χ3v) is 4.19. The van der Waals surface area contributed by atoms with E-state index in [0.29, 0.717) is 5.82 Å². The van der Waals surface area contributed by atoms with Gasteiger partial charge in [-0.1, -0.05) is 6.07 Å². The van der Waals surface area contributed by atoms with Crippen LogP contribution >= 0.6 is 15.9 Å². The first-order valence-corrected chi connectivity index (χ1v) is 6.69. The Morgan fingerprint density at radius 1 is 1.26 bits per heavy atom. The fraction of sp³-hybridized carbons (Fsp3) is 0.231. The first kappa shape index (κ1) is 12.2. The SMILES string of the molecule is Cc1nc2cc(-c3nn(C)c(N)c3Br)ccc2n1C. The number of nitrogen functional groups attached to an aromatic ring is 1. The largest absolute Gasteiger partial charge is 0.383 e. The molecule has 98 valence electrons. The molecule has 3 rings (SSSR count). The summed E-state index contributed by atoms with van der Waals surface area (Å²) in [5, 5.41) is 4.43. The molecule has 5 nitrogen and oxygen atoms in total. The number of imidazole rings is 1. The van der Waals surface area contributed by atoms with E-state index in [-0.39, 0.29) is 0 Å². The summed E-state index contributed by atoms with van der Waals surface area (Å²) in [4.78, 5) is 4.54. The summed E-state index contributed by atoms with van der Waals surface area (Å²) >= 11 is 3.49. The van der Waals surface area contributed by atoms with Crippen LogP contribution in [-0.4, -0.2) is 19.3 Å². The van der Waals surface area contributed by atoms with Crippen LogP contribution in [0.5, 0.6) is 0 Å². The van der Waals surface area contributed by atoms with Crippen LogP contribution in [0.2, 0.25) is 0 Å². The average Bonchev–Trinajstić information content (AvgIpc) is 2.81. The van der Waals surface area contributed by atoms with Crippen LogP contribution in [0.3, 0.4) is 0 Å². The Kier molecular flexibility index (Phi) is 2.63. The molecule has 1 aromatic carbocycles. The highest BCUT2D eigenvalue weighted by Gasteiger charge is 2.14. The van der Waals surface area contributed by atoms with Crippen molar-refractivity contribution in [2.45, 2.75) is 6.92 Å². The molecule has 2 N–H and O–H groups in total. The molecule has 0 fully saturated rings. The van der Waals surface area contributed by atoms with E-state index in [1.54, 1.807) is 4.68 Å². The van der Waals surface area contributed by atoms with Crippen molar-refractivity contribution in [3.63, 3.8) is 0 Å². The Hall–Kier alpha value is -1.82. The van der Waals surface area contributed by atoms with Crippen molar-refractivity contribution < 1.29 is 0 Å². The van der Waals surface area contributed by atoms with Gasteiger partial charge in [0.05, 0.1) is 15.5 Å². The van der Waals surface area contributed by atoms with Crippen LogP contribution in [-0.2, 0) is 14.1 Å². The second kappa shape index (κ2) is 4.09. The lowest BCUT2D eigenvalue weighted by Gasteiger charge is -1.99. The minimum atomic E-state index is 0.618. The Labute approximate surface area is 119 Å². The van der Waals surface area contributed by atoms with Crippen molar-refractivity contribution >= 4 is 32.8 Å². The van der Waals surface area contributed by atoms with Crippen LogP contribution in [0.15, 0.2) is 22.7 Å². The van der Waals surface area contributed by atoms with Crippen LogP contribution < -0.4 is 5.73 Å². The quantitative estimate of drug-likeness (QED) is 0.750. The van der Waals surface area contributed by atoms with Crippen molar-refractivity contribution in [2.75, 3.05) is 5.73 Å². The Bertz CT molecular complexity index is 784. The highest BCUT2D eigenvalue weighted by Crippen LogP contribution is 2.33. The zero-order chi connectivity index (χ0) is 13.7. The van der Waals surface area contributed by atoms with Crippen molar-refractivity contribution in [3.8, 4) is 11.3 Å². The maximum atomic E-state index is 5.91. The number of nitrogens with zero attached hydrogens (tertiary/aromatic N) is 4. The molecule has 2 heterocycles. The van der Waals surface area contributed by atoms with Crippen LogP contribution in [0.1, 0.15) is 5.82 Å². The fourth-order valence-electron chi connectivity index (χ4n) is 2.16. The van der Waals surface area contributed by atoms with E-state index in [4.69, 9.17) is 5.73 Å². The molecule has 0 saturated heterocycles. The smallest absolute Gasteiger partial charge is 0.136 e. The number of fused-ring (bicyclic) bond motifs is 1. The lowest BCUT2D eigenvalue weighted by Crippen LogP contribution is -1.97. The van der Waals surface area contributed by atoms with Gasteiger partial charge in [0.1, 0.15) is 17.3 Å². The van der Waals surface area contributed by atoms with Crippen LogP contribution in [0, 0.1) is 6.92 Å². The van der Waals surface area contributed by atoms with Crippen molar-refractivity contribution in [1.29, 1.82) is 0 Å². The predicted octanol–water partition coefficient (Wildman–Crippen LogP) is 2.63.